The van der Waals surface area contributed by atoms with Crippen LogP contribution in [0.3, 0.4) is 0 Å². The van der Waals surface area contributed by atoms with Gasteiger partial charge in [0.25, 0.3) is 0 Å². The number of nitriles is 1. The summed E-state index contributed by atoms with van der Waals surface area (Å²) in [4.78, 5) is 4.09. The van der Waals surface area contributed by atoms with Crippen LogP contribution in [0.25, 0.3) is 0 Å². The van der Waals surface area contributed by atoms with E-state index in [2.05, 4.69) is 11.1 Å². The maximum atomic E-state index is 9.13. The summed E-state index contributed by atoms with van der Waals surface area (Å²) in [5.74, 6) is 0.0540. The summed E-state index contributed by atoms with van der Waals surface area (Å²) in [6.45, 7) is 2.03. The summed E-state index contributed by atoms with van der Waals surface area (Å²) < 4.78 is 1.94. The fourth-order valence-corrected chi connectivity index (χ4v) is 2.10. The van der Waals surface area contributed by atoms with E-state index >= 15 is 0 Å². The molecule has 0 amide bonds. The highest BCUT2D eigenvalue weighted by Gasteiger charge is 2.18. The van der Waals surface area contributed by atoms with Crippen LogP contribution in [-0.2, 0) is 7.05 Å². The Kier molecular flexibility index (Phi) is 2.84. The van der Waals surface area contributed by atoms with Gasteiger partial charge in [0.15, 0.2) is 0 Å². The zero-order valence-electron chi connectivity index (χ0n) is 9.88. The van der Waals surface area contributed by atoms with E-state index in [1.54, 1.807) is 24.7 Å². The molecule has 86 valence electrons. The normalized spacial score (nSPS) is 12.1. The molecule has 0 fully saturated rings. The van der Waals surface area contributed by atoms with E-state index in [1.165, 1.54) is 0 Å². The fraction of sp³-hybridized carbons (Fsp3) is 0.231. The highest BCUT2D eigenvalue weighted by Crippen LogP contribution is 2.30. The molecule has 0 aliphatic carbocycles. The van der Waals surface area contributed by atoms with Gasteiger partial charge in [-0.15, -0.1) is 0 Å². The monoisotopic (exact) mass is 226 g/mol. The molecule has 2 aromatic rings. The Balaban J connectivity index is 2.55. The lowest BCUT2D eigenvalue weighted by Crippen LogP contribution is -2.07. The van der Waals surface area contributed by atoms with Crippen molar-refractivity contribution in [1.29, 1.82) is 5.26 Å². The molecule has 0 spiro atoms. The van der Waals surface area contributed by atoms with Crippen LogP contribution in [-0.4, -0.2) is 9.55 Å². The maximum absolute atomic E-state index is 9.13. The SMILES string of the molecule is CC(c1c(N)cccc1C#N)c1cncn1C. The van der Waals surface area contributed by atoms with Gasteiger partial charge in [0, 0.05) is 36.1 Å². The lowest BCUT2D eigenvalue weighted by Gasteiger charge is -2.16. The van der Waals surface area contributed by atoms with Crippen LogP contribution in [0.4, 0.5) is 5.69 Å². The molecular formula is C13H14N4. The van der Waals surface area contributed by atoms with Gasteiger partial charge in [-0.05, 0) is 12.1 Å². The van der Waals surface area contributed by atoms with Gasteiger partial charge < -0.3 is 10.3 Å². The van der Waals surface area contributed by atoms with Crippen LogP contribution in [0.5, 0.6) is 0 Å². The summed E-state index contributed by atoms with van der Waals surface area (Å²) in [6, 6.07) is 7.60. The predicted molar refractivity (Wildman–Crippen MR) is 66.3 cm³/mol. The minimum absolute atomic E-state index is 0.0540. The van der Waals surface area contributed by atoms with Crippen molar-refractivity contribution in [1.82, 2.24) is 9.55 Å². The number of hydrogen-bond acceptors (Lipinski definition) is 3. The van der Waals surface area contributed by atoms with Gasteiger partial charge in [-0.2, -0.15) is 5.26 Å². The number of anilines is 1. The average molecular weight is 226 g/mol. The highest BCUT2D eigenvalue weighted by atomic mass is 15.0. The summed E-state index contributed by atoms with van der Waals surface area (Å²) in [5.41, 5.74) is 9.16. The van der Waals surface area contributed by atoms with Gasteiger partial charge in [0.2, 0.25) is 0 Å². The minimum atomic E-state index is 0.0540. The quantitative estimate of drug-likeness (QED) is 0.796. The van der Waals surface area contributed by atoms with Gasteiger partial charge in [-0.25, -0.2) is 4.98 Å². The zero-order chi connectivity index (χ0) is 12.4. The molecule has 1 aromatic carbocycles. The molecule has 0 aliphatic rings. The number of nitrogen functional groups attached to an aromatic ring is 1. The first-order valence-electron chi connectivity index (χ1n) is 5.40. The third-order valence-electron chi connectivity index (χ3n) is 2.99. The molecule has 2 rings (SSSR count). The molecule has 1 unspecified atom stereocenters. The Morgan fingerprint density at radius 3 is 2.82 bits per heavy atom. The first-order valence-corrected chi connectivity index (χ1v) is 5.40. The van der Waals surface area contributed by atoms with Gasteiger partial charge in [0.1, 0.15) is 0 Å². The number of benzene rings is 1. The second kappa shape index (κ2) is 4.30. The van der Waals surface area contributed by atoms with Gasteiger partial charge in [-0.3, -0.25) is 0 Å². The van der Waals surface area contributed by atoms with Crippen molar-refractivity contribution >= 4 is 5.69 Å². The number of hydrogen-bond donors (Lipinski definition) is 1. The molecule has 0 saturated heterocycles. The predicted octanol–water partition coefficient (Wildman–Crippen LogP) is 2.03. The molecule has 0 aliphatic heterocycles. The molecule has 4 heteroatoms. The van der Waals surface area contributed by atoms with E-state index in [-0.39, 0.29) is 5.92 Å². The number of aryl methyl sites for hydroxylation is 1. The highest BCUT2D eigenvalue weighted by molar-refractivity contribution is 5.58. The van der Waals surface area contributed by atoms with E-state index in [4.69, 9.17) is 11.0 Å². The van der Waals surface area contributed by atoms with Gasteiger partial charge >= 0.3 is 0 Å². The molecular weight excluding hydrogens is 212 g/mol. The van der Waals surface area contributed by atoms with Crippen molar-refractivity contribution in [3.63, 3.8) is 0 Å². The van der Waals surface area contributed by atoms with E-state index in [1.807, 2.05) is 24.6 Å². The Morgan fingerprint density at radius 2 is 2.24 bits per heavy atom. The Morgan fingerprint density at radius 1 is 1.47 bits per heavy atom. The standard InChI is InChI=1S/C13H14N4/c1-9(12-7-16-8-17(12)2)13-10(6-14)4-3-5-11(13)15/h3-5,7-9H,15H2,1-2H3. The van der Waals surface area contributed by atoms with Crippen molar-refractivity contribution in [2.24, 2.45) is 7.05 Å². The van der Waals surface area contributed by atoms with Crippen molar-refractivity contribution in [3.05, 3.63) is 47.5 Å². The van der Waals surface area contributed by atoms with E-state index in [9.17, 15) is 0 Å². The van der Waals surface area contributed by atoms with Gasteiger partial charge in [-0.1, -0.05) is 13.0 Å². The lowest BCUT2D eigenvalue weighted by atomic mass is 9.92. The third kappa shape index (κ3) is 1.87. The fourth-order valence-electron chi connectivity index (χ4n) is 2.10. The molecule has 0 saturated carbocycles. The molecule has 0 radical (unpaired) electrons. The first-order chi connectivity index (χ1) is 8.15. The number of nitrogens with two attached hydrogens (primary N) is 1. The van der Waals surface area contributed by atoms with Crippen LogP contribution >= 0.6 is 0 Å². The van der Waals surface area contributed by atoms with Crippen LogP contribution in [0.1, 0.15) is 29.7 Å². The Hall–Kier alpha value is -2.28. The van der Waals surface area contributed by atoms with Crippen molar-refractivity contribution in [2.75, 3.05) is 5.73 Å². The van der Waals surface area contributed by atoms with Crippen LogP contribution in [0, 0.1) is 11.3 Å². The lowest BCUT2D eigenvalue weighted by molar-refractivity contribution is 0.769. The molecule has 4 nitrogen and oxygen atoms in total. The summed E-state index contributed by atoms with van der Waals surface area (Å²) >= 11 is 0. The number of nitrogens with zero attached hydrogens (tertiary/aromatic N) is 3. The summed E-state index contributed by atoms with van der Waals surface area (Å²) in [6.07, 6.45) is 3.55. The van der Waals surface area contributed by atoms with Gasteiger partial charge in [0.05, 0.1) is 18.0 Å². The molecule has 2 N–H and O–H groups in total. The van der Waals surface area contributed by atoms with E-state index < -0.39 is 0 Å². The summed E-state index contributed by atoms with van der Waals surface area (Å²) in [5, 5.41) is 9.13. The van der Waals surface area contributed by atoms with Crippen LogP contribution < -0.4 is 5.73 Å². The van der Waals surface area contributed by atoms with E-state index in [0.29, 0.717) is 11.3 Å². The summed E-state index contributed by atoms with van der Waals surface area (Å²) in [7, 11) is 1.93. The zero-order valence-corrected chi connectivity index (χ0v) is 9.88. The number of rotatable bonds is 2. The Bertz CT molecular complexity index is 577. The molecule has 1 heterocycles. The largest absolute Gasteiger partial charge is 0.398 e. The molecule has 17 heavy (non-hydrogen) atoms. The maximum Gasteiger partial charge on any atom is 0.0995 e. The second-order valence-electron chi connectivity index (χ2n) is 4.07. The molecule has 0 bridgehead atoms. The van der Waals surface area contributed by atoms with Crippen molar-refractivity contribution < 1.29 is 0 Å². The van der Waals surface area contributed by atoms with E-state index in [0.717, 1.165) is 11.3 Å². The van der Waals surface area contributed by atoms with Crippen LogP contribution in [0.15, 0.2) is 30.7 Å². The van der Waals surface area contributed by atoms with Crippen LogP contribution in [0.2, 0.25) is 0 Å². The minimum Gasteiger partial charge on any atom is -0.398 e. The molecule has 1 atom stereocenters. The number of imidazole rings is 1. The molecule has 1 aromatic heterocycles. The second-order valence-corrected chi connectivity index (χ2v) is 4.07. The van der Waals surface area contributed by atoms with Crippen molar-refractivity contribution in [3.8, 4) is 6.07 Å². The first kappa shape index (κ1) is 11.2. The number of aromatic nitrogens is 2. The van der Waals surface area contributed by atoms with Crippen molar-refractivity contribution in [2.45, 2.75) is 12.8 Å². The Labute approximate surface area is 100 Å². The topological polar surface area (TPSA) is 67.6 Å². The third-order valence-corrected chi connectivity index (χ3v) is 2.99. The smallest absolute Gasteiger partial charge is 0.0995 e. The average Bonchev–Trinajstić information content (AvgIpc) is 2.74.